The van der Waals surface area contributed by atoms with Crippen molar-refractivity contribution in [3.63, 3.8) is 0 Å². The van der Waals surface area contributed by atoms with Gasteiger partial charge >= 0.3 is 0 Å². The summed E-state index contributed by atoms with van der Waals surface area (Å²) in [6, 6.07) is 3.40. The lowest BCUT2D eigenvalue weighted by molar-refractivity contribution is 0.281. The van der Waals surface area contributed by atoms with Crippen molar-refractivity contribution < 1.29 is 5.11 Å². The van der Waals surface area contributed by atoms with Crippen LogP contribution in [0.5, 0.6) is 0 Å². The highest BCUT2D eigenvalue weighted by atomic mass is 35.5. The van der Waals surface area contributed by atoms with Crippen molar-refractivity contribution in [1.29, 1.82) is 0 Å². The van der Waals surface area contributed by atoms with E-state index in [9.17, 15) is 0 Å². The van der Waals surface area contributed by atoms with Crippen LogP contribution in [0.4, 0.5) is 0 Å². The third-order valence-electron chi connectivity index (χ3n) is 1.54. The first-order valence-electron chi connectivity index (χ1n) is 3.20. The van der Waals surface area contributed by atoms with Crippen molar-refractivity contribution in [3.05, 3.63) is 33.3 Å². The number of aliphatic hydroxyl groups is 1. The van der Waals surface area contributed by atoms with Crippen molar-refractivity contribution in [2.75, 3.05) is 0 Å². The second-order valence-corrected chi connectivity index (χ2v) is 3.18. The molecule has 60 valence electrons. The highest BCUT2D eigenvalue weighted by molar-refractivity contribution is 6.35. The van der Waals surface area contributed by atoms with E-state index in [1.54, 1.807) is 12.1 Å². The second-order valence-electron chi connectivity index (χ2n) is 2.34. The van der Waals surface area contributed by atoms with Gasteiger partial charge in [0.2, 0.25) is 0 Å². The molecule has 0 aliphatic heterocycles. The zero-order valence-corrected chi connectivity index (χ0v) is 7.58. The van der Waals surface area contributed by atoms with Crippen LogP contribution in [0, 0.1) is 6.92 Å². The summed E-state index contributed by atoms with van der Waals surface area (Å²) in [7, 11) is 0. The standard InChI is InChI=1S/C8H8Cl2O/c1-5-2-6(9)3-8(10)7(5)4-11/h2-3,11H,4H2,1H3. The minimum absolute atomic E-state index is 0.0398. The largest absolute Gasteiger partial charge is 0.392 e. The lowest BCUT2D eigenvalue weighted by Crippen LogP contribution is -1.89. The summed E-state index contributed by atoms with van der Waals surface area (Å²) in [6.45, 7) is 1.82. The van der Waals surface area contributed by atoms with Gasteiger partial charge in [0.05, 0.1) is 6.61 Å². The molecule has 0 radical (unpaired) electrons. The molecule has 0 saturated carbocycles. The molecule has 1 rings (SSSR count). The first-order chi connectivity index (χ1) is 5.15. The molecule has 0 bridgehead atoms. The summed E-state index contributed by atoms with van der Waals surface area (Å²) in [4.78, 5) is 0. The first-order valence-corrected chi connectivity index (χ1v) is 3.96. The van der Waals surface area contributed by atoms with Crippen molar-refractivity contribution >= 4 is 23.2 Å². The summed E-state index contributed by atoms with van der Waals surface area (Å²) >= 11 is 11.5. The average Bonchev–Trinajstić information content (AvgIpc) is 1.85. The SMILES string of the molecule is Cc1cc(Cl)cc(Cl)c1CO. The minimum atomic E-state index is -0.0398. The van der Waals surface area contributed by atoms with Crippen LogP contribution >= 0.6 is 23.2 Å². The number of hydrogen-bond acceptors (Lipinski definition) is 1. The molecule has 0 fully saturated rings. The molecule has 1 aromatic rings. The van der Waals surface area contributed by atoms with E-state index in [-0.39, 0.29) is 6.61 Å². The van der Waals surface area contributed by atoms with Gasteiger partial charge in [0.25, 0.3) is 0 Å². The van der Waals surface area contributed by atoms with Crippen LogP contribution in [0.25, 0.3) is 0 Å². The maximum absolute atomic E-state index is 8.86. The van der Waals surface area contributed by atoms with E-state index in [1.165, 1.54) is 0 Å². The molecule has 0 aliphatic rings. The molecule has 0 aromatic heterocycles. The molecule has 1 aromatic carbocycles. The Morgan fingerprint density at radius 3 is 2.45 bits per heavy atom. The van der Waals surface area contributed by atoms with Crippen molar-refractivity contribution in [3.8, 4) is 0 Å². The van der Waals surface area contributed by atoms with Gasteiger partial charge in [-0.3, -0.25) is 0 Å². The van der Waals surface area contributed by atoms with E-state index in [1.807, 2.05) is 6.92 Å². The Bertz CT molecular complexity index is 248. The maximum Gasteiger partial charge on any atom is 0.0699 e. The highest BCUT2D eigenvalue weighted by Gasteiger charge is 2.03. The van der Waals surface area contributed by atoms with Gasteiger partial charge in [0, 0.05) is 10.0 Å². The molecule has 0 amide bonds. The number of benzene rings is 1. The molecule has 0 unspecified atom stereocenters. The van der Waals surface area contributed by atoms with E-state index in [0.717, 1.165) is 11.1 Å². The molecule has 0 atom stereocenters. The van der Waals surface area contributed by atoms with Crippen LogP contribution in [0.15, 0.2) is 12.1 Å². The van der Waals surface area contributed by atoms with Gasteiger partial charge in [-0.25, -0.2) is 0 Å². The molecule has 11 heavy (non-hydrogen) atoms. The molecular weight excluding hydrogens is 183 g/mol. The monoisotopic (exact) mass is 190 g/mol. The highest BCUT2D eigenvalue weighted by Crippen LogP contribution is 2.24. The fraction of sp³-hybridized carbons (Fsp3) is 0.250. The van der Waals surface area contributed by atoms with Gasteiger partial charge in [0.15, 0.2) is 0 Å². The average molecular weight is 191 g/mol. The van der Waals surface area contributed by atoms with E-state index >= 15 is 0 Å². The fourth-order valence-electron chi connectivity index (χ4n) is 0.932. The number of aliphatic hydroxyl groups excluding tert-OH is 1. The Morgan fingerprint density at radius 2 is 2.00 bits per heavy atom. The van der Waals surface area contributed by atoms with Crippen LogP contribution in [0.2, 0.25) is 10.0 Å². The van der Waals surface area contributed by atoms with Gasteiger partial charge in [-0.1, -0.05) is 23.2 Å². The number of hydrogen-bond donors (Lipinski definition) is 1. The quantitative estimate of drug-likeness (QED) is 0.723. The Hall–Kier alpha value is -0.240. The Balaban J connectivity index is 3.25. The summed E-state index contributed by atoms with van der Waals surface area (Å²) in [6.07, 6.45) is 0. The molecule has 1 nitrogen and oxygen atoms in total. The number of rotatable bonds is 1. The summed E-state index contributed by atoms with van der Waals surface area (Å²) in [5.74, 6) is 0. The predicted molar refractivity (Wildman–Crippen MR) is 47.1 cm³/mol. The summed E-state index contributed by atoms with van der Waals surface area (Å²) in [5.41, 5.74) is 1.67. The van der Waals surface area contributed by atoms with Gasteiger partial charge < -0.3 is 5.11 Å². The molecule has 0 heterocycles. The van der Waals surface area contributed by atoms with Gasteiger partial charge in [-0.15, -0.1) is 0 Å². The van der Waals surface area contributed by atoms with Crippen LogP contribution in [0.3, 0.4) is 0 Å². The molecule has 3 heteroatoms. The van der Waals surface area contributed by atoms with Gasteiger partial charge in [0.1, 0.15) is 0 Å². The number of aryl methyl sites for hydroxylation is 1. The van der Waals surface area contributed by atoms with E-state index in [2.05, 4.69) is 0 Å². The van der Waals surface area contributed by atoms with Crippen LogP contribution in [-0.2, 0) is 6.61 Å². The van der Waals surface area contributed by atoms with Crippen LogP contribution in [-0.4, -0.2) is 5.11 Å². The third-order valence-corrected chi connectivity index (χ3v) is 2.10. The molecule has 0 saturated heterocycles. The molecular formula is C8H8Cl2O. The molecule has 1 N–H and O–H groups in total. The maximum atomic E-state index is 8.86. The Morgan fingerprint density at radius 1 is 1.36 bits per heavy atom. The lowest BCUT2D eigenvalue weighted by atomic mass is 10.1. The summed E-state index contributed by atoms with van der Waals surface area (Å²) in [5, 5.41) is 9.99. The third kappa shape index (κ3) is 1.86. The smallest absolute Gasteiger partial charge is 0.0699 e. The topological polar surface area (TPSA) is 20.2 Å². The zero-order chi connectivity index (χ0) is 8.43. The zero-order valence-electron chi connectivity index (χ0n) is 6.06. The van der Waals surface area contributed by atoms with Gasteiger partial charge in [-0.05, 0) is 30.2 Å². The van der Waals surface area contributed by atoms with Crippen LogP contribution in [0.1, 0.15) is 11.1 Å². The minimum Gasteiger partial charge on any atom is -0.392 e. The van der Waals surface area contributed by atoms with E-state index in [0.29, 0.717) is 10.0 Å². The van der Waals surface area contributed by atoms with Crippen molar-refractivity contribution in [1.82, 2.24) is 0 Å². The fourth-order valence-corrected chi connectivity index (χ4v) is 1.59. The predicted octanol–water partition coefficient (Wildman–Crippen LogP) is 2.79. The first kappa shape index (κ1) is 8.85. The number of halogens is 2. The van der Waals surface area contributed by atoms with Crippen molar-refractivity contribution in [2.24, 2.45) is 0 Å². The normalized spacial score (nSPS) is 10.2. The summed E-state index contributed by atoms with van der Waals surface area (Å²) < 4.78 is 0. The molecule has 0 spiro atoms. The van der Waals surface area contributed by atoms with Crippen LogP contribution < -0.4 is 0 Å². The Kier molecular flexibility index (Phi) is 2.77. The van der Waals surface area contributed by atoms with E-state index in [4.69, 9.17) is 28.3 Å². The van der Waals surface area contributed by atoms with Crippen molar-refractivity contribution in [2.45, 2.75) is 13.5 Å². The van der Waals surface area contributed by atoms with E-state index < -0.39 is 0 Å². The second kappa shape index (κ2) is 3.44. The lowest BCUT2D eigenvalue weighted by Gasteiger charge is -2.04. The molecule has 0 aliphatic carbocycles. The Labute approximate surface area is 75.6 Å². The van der Waals surface area contributed by atoms with Gasteiger partial charge in [-0.2, -0.15) is 0 Å².